The molecule has 12 rings (SSSR count). The van der Waals surface area contributed by atoms with E-state index in [0.29, 0.717) is 17.5 Å². The van der Waals surface area contributed by atoms with E-state index in [2.05, 4.69) is 138 Å². The van der Waals surface area contributed by atoms with Gasteiger partial charge in [0.2, 0.25) is 0 Å². The van der Waals surface area contributed by atoms with Crippen LogP contribution in [0.4, 0.5) is 0 Å². The molecule has 0 fully saturated rings. The Kier molecular flexibility index (Phi) is 6.89. The summed E-state index contributed by atoms with van der Waals surface area (Å²) in [5.74, 6) is 1.96. The van der Waals surface area contributed by atoms with Gasteiger partial charge in [-0.1, -0.05) is 158 Å². The normalized spacial score (nSPS) is 11.9. The van der Waals surface area contributed by atoms with E-state index in [1.807, 2.05) is 60.7 Å². The van der Waals surface area contributed by atoms with Gasteiger partial charge >= 0.3 is 0 Å². The molecule has 12 aromatic rings. The molecule has 0 N–H and O–H groups in total. The summed E-state index contributed by atoms with van der Waals surface area (Å²) in [6.45, 7) is 0. The Morgan fingerprint density at radius 2 is 0.807 bits per heavy atom. The molecule has 0 aliphatic carbocycles. The summed E-state index contributed by atoms with van der Waals surface area (Å²) < 4.78 is 2.42. The lowest BCUT2D eigenvalue weighted by molar-refractivity contribution is 1.08. The first kappa shape index (κ1) is 31.6. The van der Waals surface area contributed by atoms with Crippen LogP contribution in [-0.2, 0) is 0 Å². The minimum Gasteiger partial charge on any atom is -0.309 e. The lowest BCUT2D eigenvalue weighted by atomic mass is 9.89. The van der Waals surface area contributed by atoms with Crippen molar-refractivity contribution in [3.05, 3.63) is 194 Å². The van der Waals surface area contributed by atoms with E-state index in [1.54, 1.807) is 0 Å². The van der Waals surface area contributed by atoms with Gasteiger partial charge in [-0.15, -0.1) is 0 Å². The Hall–Kier alpha value is -7.69. The fourth-order valence-corrected chi connectivity index (χ4v) is 9.08. The SMILES string of the molecule is c1ccc(-c2nc(-c3ccccc3)nc(-c3ccc(-c4ccc5c(ccc6c7cccc8c7c7c(cccc7n8-c7ccccc7)c56)c4)c4ccccc34)n2)cc1. The van der Waals surface area contributed by atoms with E-state index < -0.39 is 0 Å². The first-order valence-corrected chi connectivity index (χ1v) is 19.4. The smallest absolute Gasteiger partial charge is 0.164 e. The summed E-state index contributed by atoms with van der Waals surface area (Å²) in [6.07, 6.45) is 0. The highest BCUT2D eigenvalue weighted by Gasteiger charge is 2.21. The molecule has 57 heavy (non-hydrogen) atoms. The molecule has 4 nitrogen and oxygen atoms in total. The van der Waals surface area contributed by atoms with Crippen molar-refractivity contribution in [2.45, 2.75) is 0 Å². The van der Waals surface area contributed by atoms with E-state index >= 15 is 0 Å². The average molecular weight is 725 g/mol. The summed E-state index contributed by atoms with van der Waals surface area (Å²) >= 11 is 0. The minimum atomic E-state index is 0.653. The van der Waals surface area contributed by atoms with Crippen molar-refractivity contribution in [2.24, 2.45) is 0 Å². The van der Waals surface area contributed by atoms with Gasteiger partial charge in [0.25, 0.3) is 0 Å². The van der Waals surface area contributed by atoms with Crippen molar-refractivity contribution in [1.29, 1.82) is 0 Å². The molecule has 2 aromatic heterocycles. The lowest BCUT2D eigenvalue weighted by Crippen LogP contribution is -2.00. The number of hydrogen-bond donors (Lipinski definition) is 0. The molecule has 0 saturated heterocycles. The predicted octanol–water partition coefficient (Wildman–Crippen LogP) is 13.7. The molecule has 0 saturated carbocycles. The Morgan fingerprint density at radius 1 is 0.298 bits per heavy atom. The summed E-state index contributed by atoms with van der Waals surface area (Å²) in [5.41, 5.74) is 8.87. The average Bonchev–Trinajstić information content (AvgIpc) is 3.64. The molecule has 0 aliphatic heterocycles. The molecule has 264 valence electrons. The van der Waals surface area contributed by atoms with Gasteiger partial charge in [0.05, 0.1) is 11.0 Å². The zero-order valence-electron chi connectivity index (χ0n) is 30.8. The van der Waals surface area contributed by atoms with Crippen molar-refractivity contribution in [3.63, 3.8) is 0 Å². The van der Waals surface area contributed by atoms with Crippen molar-refractivity contribution >= 4 is 64.9 Å². The van der Waals surface area contributed by atoms with Crippen LogP contribution >= 0.6 is 0 Å². The number of hydrogen-bond acceptors (Lipinski definition) is 3. The molecule has 0 atom stereocenters. The number of aromatic nitrogens is 4. The topological polar surface area (TPSA) is 43.6 Å². The van der Waals surface area contributed by atoms with E-state index in [4.69, 9.17) is 15.0 Å². The molecular formula is C53H32N4. The Balaban J connectivity index is 1.04. The molecule has 10 aromatic carbocycles. The van der Waals surface area contributed by atoms with Gasteiger partial charge in [0.1, 0.15) is 0 Å². The summed E-state index contributed by atoms with van der Waals surface area (Å²) in [6, 6.07) is 69.1. The highest BCUT2D eigenvalue weighted by molar-refractivity contribution is 6.38. The first-order chi connectivity index (χ1) is 28.3. The van der Waals surface area contributed by atoms with Crippen molar-refractivity contribution in [1.82, 2.24) is 19.5 Å². The van der Waals surface area contributed by atoms with Crippen LogP contribution in [0.25, 0.3) is 116 Å². The number of fused-ring (bicyclic) bond motifs is 6. The van der Waals surface area contributed by atoms with Gasteiger partial charge in [0.15, 0.2) is 17.5 Å². The van der Waals surface area contributed by atoms with Gasteiger partial charge in [-0.3, -0.25) is 0 Å². The van der Waals surface area contributed by atoms with Crippen LogP contribution in [-0.4, -0.2) is 19.5 Å². The highest BCUT2D eigenvalue weighted by Crippen LogP contribution is 2.46. The van der Waals surface area contributed by atoms with E-state index in [1.165, 1.54) is 70.9 Å². The second-order valence-electron chi connectivity index (χ2n) is 14.7. The standard InChI is InChI=1S/C53H32N4/c1-4-14-33(15-5-1)51-54-52(34-16-6-2-7-17-34)56-53(55-51)44-31-30-38(40-20-10-11-21-41(40)44)35-26-28-39-36(32-35)27-29-43-42-22-12-24-46-49(42)50-45(48(39)43)23-13-25-47(50)57(46)37-18-8-3-9-19-37/h1-32H. The number of nitrogens with zero attached hydrogens (tertiary/aromatic N) is 4. The molecule has 0 bridgehead atoms. The van der Waals surface area contributed by atoms with E-state index in [9.17, 15) is 0 Å². The van der Waals surface area contributed by atoms with Crippen LogP contribution in [0.5, 0.6) is 0 Å². The van der Waals surface area contributed by atoms with Crippen LogP contribution < -0.4 is 0 Å². The zero-order chi connectivity index (χ0) is 37.5. The van der Waals surface area contributed by atoms with Gasteiger partial charge in [-0.05, 0) is 90.6 Å². The molecular weight excluding hydrogens is 693 g/mol. The third-order valence-corrected chi connectivity index (χ3v) is 11.6. The van der Waals surface area contributed by atoms with Gasteiger partial charge < -0.3 is 4.57 Å². The largest absolute Gasteiger partial charge is 0.309 e. The lowest BCUT2D eigenvalue weighted by Gasteiger charge is -2.15. The number of benzene rings is 10. The Labute approximate surface area is 328 Å². The van der Waals surface area contributed by atoms with Crippen molar-refractivity contribution in [2.75, 3.05) is 0 Å². The quantitative estimate of drug-likeness (QED) is 0.166. The van der Waals surface area contributed by atoms with Crippen LogP contribution in [0.3, 0.4) is 0 Å². The number of para-hydroxylation sites is 1. The minimum absolute atomic E-state index is 0.653. The van der Waals surface area contributed by atoms with E-state index in [-0.39, 0.29) is 0 Å². The first-order valence-electron chi connectivity index (χ1n) is 19.4. The molecule has 2 heterocycles. The van der Waals surface area contributed by atoms with Gasteiger partial charge in [-0.25, -0.2) is 15.0 Å². The summed E-state index contributed by atoms with van der Waals surface area (Å²) in [7, 11) is 0. The predicted molar refractivity (Wildman–Crippen MR) is 237 cm³/mol. The Morgan fingerprint density at radius 3 is 1.49 bits per heavy atom. The molecule has 0 unspecified atom stereocenters. The third kappa shape index (κ3) is 4.84. The molecule has 0 spiro atoms. The van der Waals surface area contributed by atoms with Crippen LogP contribution in [0, 0.1) is 0 Å². The van der Waals surface area contributed by atoms with Crippen LogP contribution in [0.1, 0.15) is 0 Å². The maximum atomic E-state index is 5.07. The second kappa shape index (κ2) is 12.4. The molecule has 4 heteroatoms. The second-order valence-corrected chi connectivity index (χ2v) is 14.7. The zero-order valence-corrected chi connectivity index (χ0v) is 30.8. The summed E-state index contributed by atoms with van der Waals surface area (Å²) in [5, 5.41) is 12.5. The van der Waals surface area contributed by atoms with Gasteiger partial charge in [-0.2, -0.15) is 0 Å². The van der Waals surface area contributed by atoms with Crippen LogP contribution in [0.2, 0.25) is 0 Å². The monoisotopic (exact) mass is 724 g/mol. The van der Waals surface area contributed by atoms with E-state index in [0.717, 1.165) is 27.5 Å². The molecule has 0 radical (unpaired) electrons. The van der Waals surface area contributed by atoms with Crippen LogP contribution in [0.15, 0.2) is 194 Å². The Bertz CT molecular complexity index is 3440. The van der Waals surface area contributed by atoms with Crippen molar-refractivity contribution < 1.29 is 0 Å². The molecule has 0 amide bonds. The number of rotatable bonds is 5. The van der Waals surface area contributed by atoms with Crippen molar-refractivity contribution in [3.8, 4) is 51.0 Å². The fourth-order valence-electron chi connectivity index (χ4n) is 9.08. The highest BCUT2D eigenvalue weighted by atomic mass is 15.0. The fraction of sp³-hybridized carbons (Fsp3) is 0. The molecule has 0 aliphatic rings. The maximum absolute atomic E-state index is 5.07. The third-order valence-electron chi connectivity index (χ3n) is 11.6. The summed E-state index contributed by atoms with van der Waals surface area (Å²) in [4.78, 5) is 15.1. The maximum Gasteiger partial charge on any atom is 0.164 e. The van der Waals surface area contributed by atoms with Gasteiger partial charge in [0, 0.05) is 33.2 Å².